The summed E-state index contributed by atoms with van der Waals surface area (Å²) in [6, 6.07) is 11.2. The van der Waals surface area contributed by atoms with E-state index in [2.05, 4.69) is 15.9 Å². The van der Waals surface area contributed by atoms with E-state index in [1.807, 2.05) is 36.4 Å². The first-order valence-corrected chi connectivity index (χ1v) is 7.08. The molecule has 2 aromatic carbocycles. The molecule has 0 saturated carbocycles. The van der Waals surface area contributed by atoms with Gasteiger partial charge in [0.1, 0.15) is 25.6 Å². The van der Waals surface area contributed by atoms with E-state index in [0.29, 0.717) is 19.8 Å². The number of ether oxygens (including phenoxy) is 3. The lowest BCUT2D eigenvalue weighted by molar-refractivity contribution is 0.171. The van der Waals surface area contributed by atoms with Crippen molar-refractivity contribution in [2.45, 2.75) is 6.61 Å². The van der Waals surface area contributed by atoms with Crippen molar-refractivity contribution in [1.29, 1.82) is 0 Å². The molecule has 0 amide bonds. The first kappa shape index (κ1) is 13.1. The van der Waals surface area contributed by atoms with Crippen molar-refractivity contribution in [3.63, 3.8) is 0 Å². The average molecular weight is 336 g/mol. The van der Waals surface area contributed by atoms with Gasteiger partial charge in [0, 0.05) is 15.7 Å². The predicted octanol–water partition coefficient (Wildman–Crippen LogP) is 3.38. The number of halogens is 1. The zero-order valence-corrected chi connectivity index (χ0v) is 12.4. The second-order valence-corrected chi connectivity index (χ2v) is 5.30. The monoisotopic (exact) mass is 335 g/mol. The summed E-state index contributed by atoms with van der Waals surface area (Å²) in [7, 11) is 0. The van der Waals surface area contributed by atoms with E-state index in [-0.39, 0.29) is 0 Å². The summed E-state index contributed by atoms with van der Waals surface area (Å²) in [5.74, 6) is 2.30. The second kappa shape index (κ2) is 5.63. The third-order valence-electron chi connectivity index (χ3n) is 2.99. The Morgan fingerprint density at radius 2 is 1.70 bits per heavy atom. The van der Waals surface area contributed by atoms with E-state index in [1.165, 1.54) is 0 Å². The Morgan fingerprint density at radius 3 is 2.40 bits per heavy atom. The molecular formula is C15H14BrNO3. The molecule has 1 aliphatic heterocycles. The molecule has 0 spiro atoms. The molecule has 0 bridgehead atoms. The lowest BCUT2D eigenvalue weighted by atomic mass is 10.2. The van der Waals surface area contributed by atoms with Gasteiger partial charge in [0.05, 0.1) is 0 Å². The number of benzene rings is 2. The quantitative estimate of drug-likeness (QED) is 0.873. The molecule has 0 saturated heterocycles. The minimum Gasteiger partial charge on any atom is -0.489 e. The largest absolute Gasteiger partial charge is 0.489 e. The minimum absolute atomic E-state index is 0.446. The number of hydrogen-bond acceptors (Lipinski definition) is 4. The van der Waals surface area contributed by atoms with Gasteiger partial charge in [0.15, 0.2) is 11.5 Å². The van der Waals surface area contributed by atoms with Crippen LogP contribution in [0.15, 0.2) is 40.9 Å². The highest BCUT2D eigenvalue weighted by Gasteiger charge is 2.15. The fourth-order valence-corrected chi connectivity index (χ4v) is 2.38. The van der Waals surface area contributed by atoms with E-state index < -0.39 is 0 Å². The molecule has 3 rings (SSSR count). The molecule has 20 heavy (non-hydrogen) atoms. The summed E-state index contributed by atoms with van der Waals surface area (Å²) >= 11 is 3.52. The molecule has 0 atom stereocenters. The summed E-state index contributed by atoms with van der Waals surface area (Å²) in [6.45, 7) is 1.61. The van der Waals surface area contributed by atoms with Gasteiger partial charge in [0.2, 0.25) is 0 Å². The maximum absolute atomic E-state index is 5.74. The number of nitrogen functional groups attached to an aromatic ring is 1. The molecule has 1 heterocycles. The predicted molar refractivity (Wildman–Crippen MR) is 80.3 cm³/mol. The van der Waals surface area contributed by atoms with Crippen LogP contribution in [0.5, 0.6) is 17.2 Å². The van der Waals surface area contributed by atoms with Crippen molar-refractivity contribution in [3.8, 4) is 17.2 Å². The van der Waals surface area contributed by atoms with Crippen molar-refractivity contribution in [2.24, 2.45) is 0 Å². The van der Waals surface area contributed by atoms with Gasteiger partial charge in [0.25, 0.3) is 0 Å². The van der Waals surface area contributed by atoms with Crippen LogP contribution in [0, 0.1) is 0 Å². The van der Waals surface area contributed by atoms with Crippen molar-refractivity contribution in [3.05, 3.63) is 46.4 Å². The molecule has 2 N–H and O–H groups in total. The molecule has 0 aromatic heterocycles. The smallest absolute Gasteiger partial charge is 0.162 e. The number of rotatable bonds is 3. The highest BCUT2D eigenvalue weighted by molar-refractivity contribution is 9.10. The van der Waals surface area contributed by atoms with Gasteiger partial charge in [-0.3, -0.25) is 0 Å². The maximum Gasteiger partial charge on any atom is 0.162 e. The van der Waals surface area contributed by atoms with Crippen LogP contribution in [0.1, 0.15) is 5.56 Å². The second-order valence-electron chi connectivity index (χ2n) is 4.44. The van der Waals surface area contributed by atoms with Crippen molar-refractivity contribution in [1.82, 2.24) is 0 Å². The summed E-state index contributed by atoms with van der Waals surface area (Å²) in [5.41, 5.74) is 7.37. The molecule has 2 aromatic rings. The summed E-state index contributed by atoms with van der Waals surface area (Å²) in [5, 5.41) is 0. The summed E-state index contributed by atoms with van der Waals surface area (Å²) in [6.07, 6.45) is 0. The number of hydrogen-bond donors (Lipinski definition) is 1. The van der Waals surface area contributed by atoms with Gasteiger partial charge in [-0.2, -0.15) is 0 Å². The number of anilines is 1. The average Bonchev–Trinajstić information content (AvgIpc) is 2.47. The Hall–Kier alpha value is -1.88. The molecule has 0 fully saturated rings. The molecule has 1 aliphatic rings. The highest BCUT2D eigenvalue weighted by Crippen LogP contribution is 2.35. The zero-order chi connectivity index (χ0) is 13.9. The summed E-state index contributed by atoms with van der Waals surface area (Å²) < 4.78 is 17.8. The molecule has 4 nitrogen and oxygen atoms in total. The standard InChI is InChI=1S/C15H14BrNO3/c16-13-8-15-14(18-5-6-19-15)7-10(13)9-20-12-3-1-11(17)2-4-12/h1-4,7-8H,5-6,9,17H2. The highest BCUT2D eigenvalue weighted by atomic mass is 79.9. The lowest BCUT2D eigenvalue weighted by Crippen LogP contribution is -2.15. The molecule has 0 unspecified atom stereocenters. The Labute approximate surface area is 125 Å². The molecule has 5 heteroatoms. The molecule has 0 radical (unpaired) electrons. The van der Waals surface area contributed by atoms with Gasteiger partial charge in [-0.25, -0.2) is 0 Å². The molecule has 104 valence electrons. The minimum atomic E-state index is 0.446. The van der Waals surface area contributed by atoms with E-state index in [4.69, 9.17) is 19.9 Å². The first-order chi connectivity index (χ1) is 9.72. The molecular weight excluding hydrogens is 322 g/mol. The van der Waals surface area contributed by atoms with E-state index >= 15 is 0 Å². The van der Waals surface area contributed by atoms with Crippen LogP contribution in [-0.2, 0) is 6.61 Å². The van der Waals surface area contributed by atoms with Crippen LogP contribution in [0.2, 0.25) is 0 Å². The summed E-state index contributed by atoms with van der Waals surface area (Å²) in [4.78, 5) is 0. The van der Waals surface area contributed by atoms with Crippen LogP contribution < -0.4 is 19.9 Å². The zero-order valence-electron chi connectivity index (χ0n) is 10.8. The number of nitrogens with two attached hydrogens (primary N) is 1. The third kappa shape index (κ3) is 2.82. The fourth-order valence-electron chi connectivity index (χ4n) is 1.94. The fraction of sp³-hybridized carbons (Fsp3) is 0.200. The van der Waals surface area contributed by atoms with Gasteiger partial charge >= 0.3 is 0 Å². The molecule has 0 aliphatic carbocycles. The van der Waals surface area contributed by atoms with E-state index in [0.717, 1.165) is 33.0 Å². The van der Waals surface area contributed by atoms with Crippen LogP contribution in [0.25, 0.3) is 0 Å². The SMILES string of the molecule is Nc1ccc(OCc2cc3c(cc2Br)OCCO3)cc1. The van der Waals surface area contributed by atoms with Crippen molar-refractivity contribution in [2.75, 3.05) is 18.9 Å². The first-order valence-electron chi connectivity index (χ1n) is 6.29. The van der Waals surface area contributed by atoms with Crippen molar-refractivity contribution < 1.29 is 14.2 Å². The van der Waals surface area contributed by atoms with Crippen LogP contribution in [0.4, 0.5) is 5.69 Å². The third-order valence-corrected chi connectivity index (χ3v) is 3.72. The topological polar surface area (TPSA) is 53.7 Å². The number of fused-ring (bicyclic) bond motifs is 1. The Morgan fingerprint density at radius 1 is 1.05 bits per heavy atom. The van der Waals surface area contributed by atoms with Crippen LogP contribution in [-0.4, -0.2) is 13.2 Å². The Balaban J connectivity index is 1.75. The van der Waals surface area contributed by atoms with Gasteiger partial charge < -0.3 is 19.9 Å². The van der Waals surface area contributed by atoms with Crippen LogP contribution in [0.3, 0.4) is 0 Å². The maximum atomic E-state index is 5.74. The van der Waals surface area contributed by atoms with Crippen molar-refractivity contribution >= 4 is 21.6 Å². The normalized spacial score (nSPS) is 13.1. The van der Waals surface area contributed by atoms with E-state index in [1.54, 1.807) is 0 Å². The van der Waals surface area contributed by atoms with Gasteiger partial charge in [-0.05, 0) is 36.4 Å². The van der Waals surface area contributed by atoms with Gasteiger partial charge in [-0.1, -0.05) is 15.9 Å². The Bertz CT molecular complexity index is 613. The lowest BCUT2D eigenvalue weighted by Gasteiger charge is -2.20. The van der Waals surface area contributed by atoms with Crippen LogP contribution >= 0.6 is 15.9 Å². The Kier molecular flexibility index (Phi) is 3.69. The van der Waals surface area contributed by atoms with Gasteiger partial charge in [-0.15, -0.1) is 0 Å². The van der Waals surface area contributed by atoms with E-state index in [9.17, 15) is 0 Å².